The molecule has 1 saturated heterocycles. The van der Waals surface area contributed by atoms with E-state index in [1.807, 2.05) is 48.2 Å². The molecule has 1 N–H and O–H groups in total. The van der Waals surface area contributed by atoms with Gasteiger partial charge in [0.05, 0.1) is 6.04 Å². The lowest BCUT2D eigenvalue weighted by Gasteiger charge is -2.17. The maximum Gasteiger partial charge on any atom is 0.224 e. The first-order valence-corrected chi connectivity index (χ1v) is 8.43. The standard InChI is InChI=1S/C18H23ClN2O2/c1-2-3-4-8-17(22)20-16-12-18(23)21(13-16)10-9-14-6-5-7-15(19)11-14/h3-7,11,16H,2,8-10,12-13H2,1H3,(H,20,22)/b4-3+. The van der Waals surface area contributed by atoms with Gasteiger partial charge in [-0.2, -0.15) is 0 Å². The second kappa shape index (κ2) is 8.73. The molecule has 0 aromatic heterocycles. The number of carbonyl (C=O) groups is 2. The highest BCUT2D eigenvalue weighted by atomic mass is 35.5. The van der Waals surface area contributed by atoms with Gasteiger partial charge in [-0.1, -0.05) is 42.8 Å². The maximum absolute atomic E-state index is 12.0. The summed E-state index contributed by atoms with van der Waals surface area (Å²) in [6, 6.07) is 7.60. The van der Waals surface area contributed by atoms with Crippen LogP contribution in [0.1, 0.15) is 31.7 Å². The van der Waals surface area contributed by atoms with Crippen LogP contribution in [0.15, 0.2) is 36.4 Å². The quantitative estimate of drug-likeness (QED) is 0.779. The van der Waals surface area contributed by atoms with Crippen molar-refractivity contribution in [2.24, 2.45) is 0 Å². The van der Waals surface area contributed by atoms with Crippen LogP contribution in [-0.2, 0) is 16.0 Å². The highest BCUT2D eigenvalue weighted by molar-refractivity contribution is 6.30. The van der Waals surface area contributed by atoms with Crippen molar-refractivity contribution in [2.75, 3.05) is 13.1 Å². The summed E-state index contributed by atoms with van der Waals surface area (Å²) >= 11 is 5.97. The molecule has 2 amide bonds. The number of carbonyl (C=O) groups excluding carboxylic acids is 2. The van der Waals surface area contributed by atoms with Crippen LogP contribution in [-0.4, -0.2) is 35.8 Å². The molecule has 0 spiro atoms. The van der Waals surface area contributed by atoms with E-state index in [9.17, 15) is 9.59 Å². The molecule has 1 aromatic rings. The fraction of sp³-hybridized carbons (Fsp3) is 0.444. The fourth-order valence-corrected chi connectivity index (χ4v) is 2.90. The minimum Gasteiger partial charge on any atom is -0.351 e. The zero-order chi connectivity index (χ0) is 16.7. The van der Waals surface area contributed by atoms with Gasteiger partial charge in [-0.15, -0.1) is 0 Å². The van der Waals surface area contributed by atoms with Crippen LogP contribution in [0.5, 0.6) is 0 Å². The molecular formula is C18H23ClN2O2. The second-order valence-corrected chi connectivity index (χ2v) is 6.21. The van der Waals surface area contributed by atoms with Crippen molar-refractivity contribution >= 4 is 23.4 Å². The highest BCUT2D eigenvalue weighted by Gasteiger charge is 2.29. The van der Waals surface area contributed by atoms with Crippen molar-refractivity contribution in [1.29, 1.82) is 0 Å². The number of hydrogen-bond acceptors (Lipinski definition) is 2. The molecule has 1 unspecified atom stereocenters. The van der Waals surface area contributed by atoms with E-state index < -0.39 is 0 Å². The third-order valence-corrected chi connectivity index (χ3v) is 4.08. The number of allylic oxidation sites excluding steroid dienone is 1. The molecule has 0 bridgehead atoms. The van der Waals surface area contributed by atoms with Crippen LogP contribution in [0.4, 0.5) is 0 Å². The Morgan fingerprint density at radius 2 is 2.26 bits per heavy atom. The van der Waals surface area contributed by atoms with Crippen LogP contribution in [0.2, 0.25) is 5.02 Å². The number of rotatable bonds is 7. The molecular weight excluding hydrogens is 312 g/mol. The van der Waals surface area contributed by atoms with Gasteiger partial charge < -0.3 is 10.2 Å². The summed E-state index contributed by atoms with van der Waals surface area (Å²) in [6.07, 6.45) is 6.29. The molecule has 1 atom stereocenters. The van der Waals surface area contributed by atoms with Crippen LogP contribution in [0.25, 0.3) is 0 Å². The van der Waals surface area contributed by atoms with E-state index in [1.165, 1.54) is 0 Å². The average Bonchev–Trinajstić information content (AvgIpc) is 2.85. The predicted molar refractivity (Wildman–Crippen MR) is 92.3 cm³/mol. The van der Waals surface area contributed by atoms with Gasteiger partial charge in [0.15, 0.2) is 0 Å². The van der Waals surface area contributed by atoms with Crippen LogP contribution in [0.3, 0.4) is 0 Å². The van der Waals surface area contributed by atoms with E-state index in [2.05, 4.69) is 5.32 Å². The van der Waals surface area contributed by atoms with Crippen LogP contribution in [0, 0.1) is 0 Å². The van der Waals surface area contributed by atoms with Crippen molar-refractivity contribution in [3.63, 3.8) is 0 Å². The summed E-state index contributed by atoms with van der Waals surface area (Å²) < 4.78 is 0. The monoisotopic (exact) mass is 334 g/mol. The number of nitrogens with zero attached hydrogens (tertiary/aromatic N) is 1. The minimum absolute atomic E-state index is 0.0239. The van der Waals surface area contributed by atoms with E-state index in [0.717, 1.165) is 18.4 Å². The number of benzene rings is 1. The molecule has 0 aliphatic carbocycles. The van der Waals surface area contributed by atoms with E-state index in [0.29, 0.717) is 31.0 Å². The zero-order valence-corrected chi connectivity index (χ0v) is 14.2. The fourth-order valence-electron chi connectivity index (χ4n) is 2.69. The van der Waals surface area contributed by atoms with Gasteiger partial charge in [0.1, 0.15) is 0 Å². The Morgan fingerprint density at radius 3 is 3.00 bits per heavy atom. The van der Waals surface area contributed by atoms with Crippen molar-refractivity contribution in [1.82, 2.24) is 10.2 Å². The number of hydrogen-bond donors (Lipinski definition) is 1. The minimum atomic E-state index is -0.0793. The van der Waals surface area contributed by atoms with Crippen molar-refractivity contribution in [3.8, 4) is 0 Å². The average molecular weight is 335 g/mol. The van der Waals surface area contributed by atoms with Gasteiger partial charge in [0, 0.05) is 31.0 Å². The molecule has 23 heavy (non-hydrogen) atoms. The van der Waals surface area contributed by atoms with Gasteiger partial charge in [0.2, 0.25) is 11.8 Å². The third kappa shape index (κ3) is 5.71. The van der Waals surface area contributed by atoms with E-state index in [4.69, 9.17) is 11.6 Å². The lowest BCUT2D eigenvalue weighted by molar-refractivity contribution is -0.127. The van der Waals surface area contributed by atoms with E-state index in [1.54, 1.807) is 0 Å². The molecule has 1 aromatic carbocycles. The Hall–Kier alpha value is -1.81. The smallest absolute Gasteiger partial charge is 0.224 e. The molecule has 0 radical (unpaired) electrons. The summed E-state index contributed by atoms with van der Waals surface area (Å²) in [6.45, 7) is 3.27. The number of halogens is 1. The van der Waals surface area contributed by atoms with E-state index in [-0.39, 0.29) is 17.9 Å². The van der Waals surface area contributed by atoms with Gasteiger partial charge >= 0.3 is 0 Å². The predicted octanol–water partition coefficient (Wildman–Crippen LogP) is 2.96. The normalized spacial score (nSPS) is 17.9. The van der Waals surface area contributed by atoms with Gasteiger partial charge in [-0.05, 0) is 30.5 Å². The first-order valence-electron chi connectivity index (χ1n) is 8.05. The van der Waals surface area contributed by atoms with Gasteiger partial charge in [-0.3, -0.25) is 9.59 Å². The lowest BCUT2D eigenvalue weighted by Crippen LogP contribution is -2.37. The third-order valence-electron chi connectivity index (χ3n) is 3.84. The molecule has 124 valence electrons. The van der Waals surface area contributed by atoms with Crippen molar-refractivity contribution in [2.45, 2.75) is 38.6 Å². The van der Waals surface area contributed by atoms with E-state index >= 15 is 0 Å². The molecule has 5 heteroatoms. The van der Waals surface area contributed by atoms with Crippen molar-refractivity contribution < 1.29 is 9.59 Å². The molecule has 2 rings (SSSR count). The zero-order valence-electron chi connectivity index (χ0n) is 13.4. The lowest BCUT2D eigenvalue weighted by atomic mass is 10.1. The van der Waals surface area contributed by atoms with Gasteiger partial charge in [0.25, 0.3) is 0 Å². The summed E-state index contributed by atoms with van der Waals surface area (Å²) in [4.78, 5) is 25.7. The van der Waals surface area contributed by atoms with Crippen molar-refractivity contribution in [3.05, 3.63) is 47.0 Å². The first kappa shape index (κ1) is 17.5. The molecule has 1 aliphatic rings. The summed E-state index contributed by atoms with van der Waals surface area (Å²) in [5.41, 5.74) is 1.11. The Bertz CT molecular complexity index is 586. The molecule has 1 heterocycles. The summed E-state index contributed by atoms with van der Waals surface area (Å²) in [7, 11) is 0. The number of nitrogens with one attached hydrogen (secondary N) is 1. The Morgan fingerprint density at radius 1 is 1.43 bits per heavy atom. The molecule has 4 nitrogen and oxygen atoms in total. The first-order chi connectivity index (χ1) is 11.1. The number of likely N-dealkylation sites (tertiary alicyclic amines) is 1. The van der Waals surface area contributed by atoms with Crippen LogP contribution >= 0.6 is 11.6 Å². The summed E-state index contributed by atoms with van der Waals surface area (Å²) in [5.74, 6) is 0.0746. The van der Waals surface area contributed by atoms with Gasteiger partial charge in [-0.25, -0.2) is 0 Å². The summed E-state index contributed by atoms with van der Waals surface area (Å²) in [5, 5.41) is 3.64. The second-order valence-electron chi connectivity index (χ2n) is 5.77. The number of amides is 2. The molecule has 1 fully saturated rings. The Labute approximate surface area is 142 Å². The SMILES string of the molecule is CC/C=C/CC(=O)NC1CC(=O)N(CCc2cccc(Cl)c2)C1. The molecule has 0 saturated carbocycles. The highest BCUT2D eigenvalue weighted by Crippen LogP contribution is 2.15. The Kier molecular flexibility index (Phi) is 6.66. The van der Waals surface area contributed by atoms with Crippen LogP contribution < -0.4 is 5.32 Å². The maximum atomic E-state index is 12.0. The Balaban J connectivity index is 1.78. The topological polar surface area (TPSA) is 49.4 Å². The largest absolute Gasteiger partial charge is 0.351 e. The molecule has 1 aliphatic heterocycles.